The highest BCUT2D eigenvalue weighted by Crippen LogP contribution is 2.21. The molecule has 0 aromatic rings. The van der Waals surface area contributed by atoms with Gasteiger partial charge in [0.2, 0.25) is 11.8 Å². The maximum Gasteiger partial charge on any atom is 0.247 e. The zero-order valence-electron chi connectivity index (χ0n) is 11.6. The summed E-state index contributed by atoms with van der Waals surface area (Å²) < 4.78 is 0. The van der Waals surface area contributed by atoms with Gasteiger partial charge >= 0.3 is 0 Å². The fourth-order valence-electron chi connectivity index (χ4n) is 2.30. The van der Waals surface area contributed by atoms with Crippen LogP contribution < -0.4 is 5.32 Å². The number of terminal acetylenes is 1. The normalized spacial score (nSPS) is 27.4. The van der Waals surface area contributed by atoms with Gasteiger partial charge in [-0.2, -0.15) is 0 Å². The maximum absolute atomic E-state index is 12.5. The average molecular weight is 250 g/mol. The molecular weight excluding hydrogens is 228 g/mol. The lowest BCUT2D eigenvalue weighted by molar-refractivity contribution is -0.152. The highest BCUT2D eigenvalue weighted by atomic mass is 16.2. The molecule has 0 aromatic heterocycles. The van der Waals surface area contributed by atoms with Gasteiger partial charge in [0, 0.05) is 0 Å². The van der Waals surface area contributed by atoms with Crippen LogP contribution in [-0.2, 0) is 9.59 Å². The van der Waals surface area contributed by atoms with Crippen LogP contribution in [0.4, 0.5) is 0 Å². The SMILES string of the molecule is C#CC(C)N1C(=O)C(C(C)CC)NC(=O)C1CC. The molecule has 1 fully saturated rings. The molecule has 1 N–H and O–H groups in total. The summed E-state index contributed by atoms with van der Waals surface area (Å²) in [6.45, 7) is 7.64. The Bertz CT molecular complexity index is 372. The Labute approximate surface area is 109 Å². The van der Waals surface area contributed by atoms with Gasteiger partial charge in [-0.3, -0.25) is 9.59 Å². The van der Waals surface area contributed by atoms with Crippen LogP contribution in [0.25, 0.3) is 0 Å². The Balaban J connectivity index is 3.05. The summed E-state index contributed by atoms with van der Waals surface area (Å²) in [5.41, 5.74) is 0. The lowest BCUT2D eigenvalue weighted by Gasteiger charge is -2.42. The second kappa shape index (κ2) is 5.90. The lowest BCUT2D eigenvalue weighted by atomic mass is 9.92. The van der Waals surface area contributed by atoms with Crippen molar-refractivity contribution >= 4 is 11.8 Å². The van der Waals surface area contributed by atoms with E-state index in [1.807, 2.05) is 20.8 Å². The smallest absolute Gasteiger partial charge is 0.247 e. The van der Waals surface area contributed by atoms with E-state index in [2.05, 4.69) is 11.2 Å². The molecule has 1 aliphatic rings. The molecule has 1 heterocycles. The summed E-state index contributed by atoms with van der Waals surface area (Å²) in [6.07, 6.45) is 6.83. The van der Waals surface area contributed by atoms with Crippen molar-refractivity contribution in [2.45, 2.75) is 58.7 Å². The Morgan fingerprint density at radius 3 is 2.44 bits per heavy atom. The Morgan fingerprint density at radius 2 is 2.00 bits per heavy atom. The van der Waals surface area contributed by atoms with Crippen molar-refractivity contribution in [3.8, 4) is 12.3 Å². The van der Waals surface area contributed by atoms with Crippen molar-refractivity contribution in [1.29, 1.82) is 0 Å². The Morgan fingerprint density at radius 1 is 1.39 bits per heavy atom. The largest absolute Gasteiger partial charge is 0.342 e. The fourth-order valence-corrected chi connectivity index (χ4v) is 2.30. The van der Waals surface area contributed by atoms with E-state index in [1.54, 1.807) is 11.8 Å². The van der Waals surface area contributed by atoms with Gasteiger partial charge in [-0.1, -0.05) is 33.1 Å². The maximum atomic E-state index is 12.5. The lowest BCUT2D eigenvalue weighted by Crippen LogP contribution is -2.66. The molecule has 1 rings (SSSR count). The van der Waals surface area contributed by atoms with Gasteiger partial charge in [-0.05, 0) is 19.3 Å². The molecule has 4 nitrogen and oxygen atoms in total. The van der Waals surface area contributed by atoms with Crippen LogP contribution in [0.15, 0.2) is 0 Å². The van der Waals surface area contributed by atoms with Crippen LogP contribution in [0.5, 0.6) is 0 Å². The number of carbonyl (C=O) groups excluding carboxylic acids is 2. The van der Waals surface area contributed by atoms with Crippen molar-refractivity contribution in [1.82, 2.24) is 10.2 Å². The first-order valence-corrected chi connectivity index (χ1v) is 6.56. The van der Waals surface area contributed by atoms with E-state index >= 15 is 0 Å². The predicted molar refractivity (Wildman–Crippen MR) is 70.6 cm³/mol. The molecule has 1 aliphatic heterocycles. The highest BCUT2D eigenvalue weighted by Gasteiger charge is 2.42. The first kappa shape index (κ1) is 14.6. The van der Waals surface area contributed by atoms with Gasteiger partial charge in [0.05, 0.1) is 6.04 Å². The molecule has 18 heavy (non-hydrogen) atoms. The zero-order chi connectivity index (χ0) is 13.9. The van der Waals surface area contributed by atoms with Crippen LogP contribution >= 0.6 is 0 Å². The van der Waals surface area contributed by atoms with E-state index in [9.17, 15) is 9.59 Å². The van der Waals surface area contributed by atoms with Crippen LogP contribution in [0.3, 0.4) is 0 Å². The highest BCUT2D eigenvalue weighted by molar-refractivity contribution is 5.97. The molecule has 2 amide bonds. The first-order chi connectivity index (χ1) is 8.47. The molecule has 0 saturated carbocycles. The number of rotatable bonds is 4. The van der Waals surface area contributed by atoms with Crippen LogP contribution in [-0.4, -0.2) is 34.8 Å². The van der Waals surface area contributed by atoms with E-state index in [1.165, 1.54) is 0 Å². The quantitative estimate of drug-likeness (QED) is 0.761. The van der Waals surface area contributed by atoms with Crippen LogP contribution in [0.2, 0.25) is 0 Å². The Hall–Kier alpha value is -1.50. The van der Waals surface area contributed by atoms with Gasteiger partial charge in [0.1, 0.15) is 12.1 Å². The summed E-state index contributed by atoms with van der Waals surface area (Å²) in [5.74, 6) is 2.52. The van der Waals surface area contributed by atoms with Crippen molar-refractivity contribution in [2.75, 3.05) is 0 Å². The third-order valence-corrected chi connectivity index (χ3v) is 3.71. The minimum atomic E-state index is -0.443. The monoisotopic (exact) mass is 250 g/mol. The van der Waals surface area contributed by atoms with E-state index < -0.39 is 12.1 Å². The minimum absolute atomic E-state index is 0.0544. The van der Waals surface area contributed by atoms with Crippen LogP contribution in [0.1, 0.15) is 40.5 Å². The van der Waals surface area contributed by atoms with Gasteiger partial charge in [-0.25, -0.2) is 0 Å². The standard InChI is InChI=1S/C14H22N2O2/c1-6-9(4)12-14(18)16(10(5)7-2)11(8-3)13(17)15-12/h2,9-12H,6,8H2,1,3-5H3,(H,15,17). The molecule has 1 saturated heterocycles. The molecule has 0 aliphatic carbocycles. The molecule has 0 aromatic carbocycles. The number of hydrogen-bond donors (Lipinski definition) is 1. The average Bonchev–Trinajstić information content (AvgIpc) is 2.38. The van der Waals surface area contributed by atoms with Gasteiger partial charge < -0.3 is 10.2 Å². The molecule has 4 atom stereocenters. The predicted octanol–water partition coefficient (Wildman–Crippen LogP) is 1.16. The number of nitrogens with zero attached hydrogens (tertiary/aromatic N) is 1. The van der Waals surface area contributed by atoms with Gasteiger partial charge in [-0.15, -0.1) is 6.42 Å². The summed E-state index contributed by atoms with van der Waals surface area (Å²) >= 11 is 0. The Kier molecular flexibility index (Phi) is 4.77. The molecule has 4 unspecified atom stereocenters. The third kappa shape index (κ3) is 2.50. The van der Waals surface area contributed by atoms with E-state index in [4.69, 9.17) is 6.42 Å². The summed E-state index contributed by atoms with van der Waals surface area (Å²) in [4.78, 5) is 26.1. The molecule has 100 valence electrons. The fraction of sp³-hybridized carbons (Fsp3) is 0.714. The van der Waals surface area contributed by atoms with E-state index in [0.29, 0.717) is 6.42 Å². The van der Waals surface area contributed by atoms with Crippen molar-refractivity contribution in [3.05, 3.63) is 0 Å². The molecule has 0 bridgehead atoms. The number of carbonyl (C=O) groups is 2. The van der Waals surface area contributed by atoms with Crippen molar-refractivity contribution in [3.63, 3.8) is 0 Å². The molecular formula is C14H22N2O2. The molecule has 4 heteroatoms. The number of piperazine rings is 1. The second-order valence-electron chi connectivity index (χ2n) is 4.88. The second-order valence-corrected chi connectivity index (χ2v) is 4.88. The molecule has 0 spiro atoms. The summed E-state index contributed by atoms with van der Waals surface area (Å²) in [6, 6.07) is -1.23. The van der Waals surface area contributed by atoms with Gasteiger partial charge in [0.15, 0.2) is 0 Å². The summed E-state index contributed by atoms with van der Waals surface area (Å²) in [7, 11) is 0. The van der Waals surface area contributed by atoms with E-state index in [-0.39, 0.29) is 23.8 Å². The first-order valence-electron chi connectivity index (χ1n) is 6.56. The van der Waals surface area contributed by atoms with Crippen LogP contribution in [0, 0.1) is 18.3 Å². The van der Waals surface area contributed by atoms with Gasteiger partial charge in [0.25, 0.3) is 0 Å². The van der Waals surface area contributed by atoms with Crippen molar-refractivity contribution in [2.24, 2.45) is 5.92 Å². The number of hydrogen-bond acceptors (Lipinski definition) is 2. The third-order valence-electron chi connectivity index (χ3n) is 3.71. The molecule has 0 radical (unpaired) electrons. The topological polar surface area (TPSA) is 49.4 Å². The van der Waals surface area contributed by atoms with Crippen molar-refractivity contribution < 1.29 is 9.59 Å². The number of amides is 2. The summed E-state index contributed by atoms with van der Waals surface area (Å²) in [5, 5.41) is 2.83. The zero-order valence-corrected chi connectivity index (χ0v) is 11.6. The minimum Gasteiger partial charge on any atom is -0.342 e. The number of nitrogens with one attached hydrogen (secondary N) is 1. The van der Waals surface area contributed by atoms with E-state index in [0.717, 1.165) is 6.42 Å².